The summed E-state index contributed by atoms with van der Waals surface area (Å²) in [4.78, 5) is 0.530. The molecule has 158 valence electrons. The molecule has 0 aliphatic carbocycles. The number of hydrogen-bond acceptors (Lipinski definition) is 4. The second kappa shape index (κ2) is 9.35. The second-order valence-corrected chi connectivity index (χ2v) is 9.56. The highest BCUT2D eigenvalue weighted by atomic mass is 32.2. The van der Waals surface area contributed by atoms with E-state index in [-0.39, 0.29) is 15.9 Å². The van der Waals surface area contributed by atoms with E-state index in [4.69, 9.17) is 9.47 Å². The highest BCUT2D eigenvalue weighted by Crippen LogP contribution is 2.28. The minimum absolute atomic E-state index is 0.160. The minimum atomic E-state index is -3.56. The third-order valence-corrected chi connectivity index (χ3v) is 6.75. The molecule has 0 aliphatic rings. The van der Waals surface area contributed by atoms with E-state index in [1.165, 1.54) is 0 Å². The van der Waals surface area contributed by atoms with E-state index in [0.29, 0.717) is 17.4 Å². The maximum atomic E-state index is 12.9. The van der Waals surface area contributed by atoms with Crippen molar-refractivity contribution in [1.82, 2.24) is 0 Å². The zero-order valence-electron chi connectivity index (χ0n) is 17.8. The first kappa shape index (κ1) is 21.9. The van der Waals surface area contributed by atoms with Gasteiger partial charge in [-0.05, 0) is 85.5 Å². The number of rotatable bonds is 8. The molecule has 0 saturated carbocycles. The fourth-order valence-corrected chi connectivity index (χ4v) is 4.15. The lowest BCUT2D eigenvalue weighted by Gasteiger charge is -2.13. The first-order valence-corrected chi connectivity index (χ1v) is 11.7. The lowest BCUT2D eigenvalue weighted by molar-refractivity contribution is 0.217. The average Bonchev–Trinajstić information content (AvgIpc) is 2.75. The monoisotopic (exact) mass is 424 g/mol. The van der Waals surface area contributed by atoms with Crippen LogP contribution < -0.4 is 9.47 Å². The molecule has 3 rings (SSSR count). The lowest BCUT2D eigenvalue weighted by Crippen LogP contribution is -2.09. The van der Waals surface area contributed by atoms with Crippen LogP contribution in [0, 0.1) is 0 Å². The standard InChI is InChI=1S/C25H28O4S/c1-5-19(4)28-21-8-10-22(11-9-21)29-23-12-16-25(17-13-23)30(26,27)24-14-6-20(7-15-24)18(2)3/h6-19H,5H2,1-4H3. The molecule has 4 nitrogen and oxygen atoms in total. The third-order valence-electron chi connectivity index (χ3n) is 4.96. The van der Waals surface area contributed by atoms with Gasteiger partial charge in [0.1, 0.15) is 17.2 Å². The van der Waals surface area contributed by atoms with Crippen molar-refractivity contribution >= 4 is 9.84 Å². The fourth-order valence-electron chi connectivity index (χ4n) is 2.89. The molecule has 3 aromatic carbocycles. The van der Waals surface area contributed by atoms with Gasteiger partial charge in [-0.25, -0.2) is 8.42 Å². The van der Waals surface area contributed by atoms with Gasteiger partial charge in [-0.2, -0.15) is 0 Å². The molecule has 0 fully saturated rings. The van der Waals surface area contributed by atoms with Gasteiger partial charge in [-0.1, -0.05) is 32.9 Å². The molecule has 0 aliphatic heterocycles. The first-order valence-electron chi connectivity index (χ1n) is 10.2. The zero-order valence-corrected chi connectivity index (χ0v) is 18.6. The van der Waals surface area contributed by atoms with Gasteiger partial charge in [-0.3, -0.25) is 0 Å². The van der Waals surface area contributed by atoms with Crippen LogP contribution in [0.15, 0.2) is 82.6 Å². The topological polar surface area (TPSA) is 52.6 Å². The van der Waals surface area contributed by atoms with Gasteiger partial charge in [0, 0.05) is 0 Å². The van der Waals surface area contributed by atoms with E-state index in [1.807, 2.05) is 43.3 Å². The summed E-state index contributed by atoms with van der Waals surface area (Å²) in [5.41, 5.74) is 1.11. The number of hydrogen-bond donors (Lipinski definition) is 0. The van der Waals surface area contributed by atoms with Crippen LogP contribution >= 0.6 is 0 Å². The SMILES string of the molecule is CCC(C)Oc1ccc(Oc2ccc(S(=O)(=O)c3ccc(C(C)C)cc3)cc2)cc1. The molecular weight excluding hydrogens is 396 g/mol. The Kier molecular flexibility index (Phi) is 6.83. The molecule has 0 saturated heterocycles. The van der Waals surface area contributed by atoms with Gasteiger partial charge >= 0.3 is 0 Å². The molecule has 0 bridgehead atoms. The van der Waals surface area contributed by atoms with Gasteiger partial charge in [-0.15, -0.1) is 0 Å². The number of sulfone groups is 1. The molecule has 1 unspecified atom stereocenters. The van der Waals surface area contributed by atoms with Crippen LogP contribution in [0.2, 0.25) is 0 Å². The maximum Gasteiger partial charge on any atom is 0.206 e. The average molecular weight is 425 g/mol. The highest BCUT2D eigenvalue weighted by molar-refractivity contribution is 7.91. The van der Waals surface area contributed by atoms with Crippen LogP contribution in [0.4, 0.5) is 0 Å². The van der Waals surface area contributed by atoms with Crippen LogP contribution in [-0.4, -0.2) is 14.5 Å². The van der Waals surface area contributed by atoms with Crippen LogP contribution in [-0.2, 0) is 9.84 Å². The summed E-state index contributed by atoms with van der Waals surface area (Å²) in [7, 11) is -3.56. The Morgan fingerprint density at radius 3 is 1.60 bits per heavy atom. The van der Waals surface area contributed by atoms with E-state index in [9.17, 15) is 8.42 Å². The van der Waals surface area contributed by atoms with E-state index in [1.54, 1.807) is 36.4 Å². The van der Waals surface area contributed by atoms with Crippen molar-refractivity contribution in [1.29, 1.82) is 0 Å². The van der Waals surface area contributed by atoms with Crippen LogP contribution in [0.3, 0.4) is 0 Å². The first-order chi connectivity index (χ1) is 14.3. The van der Waals surface area contributed by atoms with Crippen LogP contribution in [0.25, 0.3) is 0 Å². The van der Waals surface area contributed by atoms with Crippen molar-refractivity contribution in [3.8, 4) is 17.2 Å². The largest absolute Gasteiger partial charge is 0.491 e. The summed E-state index contributed by atoms with van der Waals surface area (Å²) >= 11 is 0. The van der Waals surface area contributed by atoms with Gasteiger partial charge in [0.2, 0.25) is 9.84 Å². The quantitative estimate of drug-likeness (QED) is 0.408. The molecule has 3 aromatic rings. The Morgan fingerprint density at radius 2 is 1.13 bits per heavy atom. The number of ether oxygens (including phenoxy) is 2. The third kappa shape index (κ3) is 5.22. The molecule has 0 N–H and O–H groups in total. The second-order valence-electron chi connectivity index (χ2n) is 7.61. The Bertz CT molecular complexity index is 1050. The summed E-state index contributed by atoms with van der Waals surface area (Å²) in [5.74, 6) is 2.38. The number of benzene rings is 3. The molecule has 0 spiro atoms. The zero-order chi connectivity index (χ0) is 21.7. The summed E-state index contributed by atoms with van der Waals surface area (Å²) in [5, 5.41) is 0. The van der Waals surface area contributed by atoms with Crippen LogP contribution in [0.1, 0.15) is 45.6 Å². The van der Waals surface area contributed by atoms with Crippen molar-refractivity contribution in [2.75, 3.05) is 0 Å². The summed E-state index contributed by atoms with van der Waals surface area (Å²) in [6.07, 6.45) is 1.10. The predicted octanol–water partition coefficient (Wildman–Crippen LogP) is 6.61. The van der Waals surface area contributed by atoms with E-state index in [2.05, 4.69) is 20.8 Å². The normalized spacial score (nSPS) is 12.6. The maximum absolute atomic E-state index is 12.9. The Hall–Kier alpha value is -2.79. The Balaban J connectivity index is 1.71. The molecule has 1 atom stereocenters. The molecule has 5 heteroatoms. The van der Waals surface area contributed by atoms with Crippen molar-refractivity contribution in [2.24, 2.45) is 0 Å². The lowest BCUT2D eigenvalue weighted by atomic mass is 10.0. The predicted molar refractivity (Wildman–Crippen MR) is 119 cm³/mol. The summed E-state index contributed by atoms with van der Waals surface area (Å²) in [6.45, 7) is 8.26. The Labute approximate surface area is 179 Å². The van der Waals surface area contributed by atoms with Crippen molar-refractivity contribution in [2.45, 2.75) is 55.9 Å². The Morgan fingerprint density at radius 1 is 0.700 bits per heavy atom. The highest BCUT2D eigenvalue weighted by Gasteiger charge is 2.18. The molecule has 0 heterocycles. The summed E-state index contributed by atoms with van der Waals surface area (Å²) in [6, 6.07) is 20.9. The molecule has 0 amide bonds. The van der Waals surface area contributed by atoms with Crippen LogP contribution in [0.5, 0.6) is 17.2 Å². The molecule has 30 heavy (non-hydrogen) atoms. The summed E-state index contributed by atoms with van der Waals surface area (Å²) < 4.78 is 37.4. The van der Waals surface area contributed by atoms with Gasteiger partial charge < -0.3 is 9.47 Å². The molecule has 0 radical (unpaired) electrons. The minimum Gasteiger partial charge on any atom is -0.491 e. The fraction of sp³-hybridized carbons (Fsp3) is 0.280. The van der Waals surface area contributed by atoms with Gasteiger partial charge in [0.05, 0.1) is 15.9 Å². The molecule has 0 aromatic heterocycles. The van der Waals surface area contributed by atoms with Crippen molar-refractivity contribution < 1.29 is 17.9 Å². The van der Waals surface area contributed by atoms with E-state index in [0.717, 1.165) is 17.7 Å². The van der Waals surface area contributed by atoms with E-state index < -0.39 is 9.84 Å². The van der Waals surface area contributed by atoms with Gasteiger partial charge in [0.15, 0.2) is 0 Å². The van der Waals surface area contributed by atoms with E-state index >= 15 is 0 Å². The van der Waals surface area contributed by atoms with Crippen molar-refractivity contribution in [3.05, 3.63) is 78.4 Å². The van der Waals surface area contributed by atoms with Crippen molar-refractivity contribution in [3.63, 3.8) is 0 Å². The smallest absolute Gasteiger partial charge is 0.206 e. The van der Waals surface area contributed by atoms with Gasteiger partial charge in [0.25, 0.3) is 0 Å². The molecular formula is C25H28O4S.